The van der Waals surface area contributed by atoms with Crippen molar-refractivity contribution in [1.82, 2.24) is 10.2 Å². The van der Waals surface area contributed by atoms with Crippen LogP contribution in [-0.2, 0) is 26.3 Å². The minimum absolute atomic E-state index is 0. The number of nitrogens with one attached hydrogen (secondary N) is 1. The molecule has 1 aliphatic carbocycles. The summed E-state index contributed by atoms with van der Waals surface area (Å²) in [6.45, 7) is 3.85. The van der Waals surface area contributed by atoms with Crippen molar-refractivity contribution in [2.75, 3.05) is 47.1 Å². The summed E-state index contributed by atoms with van der Waals surface area (Å²) in [4.78, 5) is 15.4. The number of likely N-dealkylation sites (tertiary alicyclic amines) is 1. The van der Waals surface area contributed by atoms with Gasteiger partial charge in [0.25, 0.3) is 0 Å². The summed E-state index contributed by atoms with van der Waals surface area (Å²) in [5.74, 6) is 1.92. The van der Waals surface area contributed by atoms with Gasteiger partial charge >= 0.3 is 0 Å². The van der Waals surface area contributed by atoms with Crippen LogP contribution in [0.15, 0.2) is 12.1 Å². The number of hydrogen-bond donors (Lipinski definition) is 1. The second-order valence-corrected chi connectivity index (χ2v) is 9.26. The van der Waals surface area contributed by atoms with Crippen molar-refractivity contribution in [2.45, 2.75) is 56.3 Å². The number of rotatable bonds is 3. The van der Waals surface area contributed by atoms with E-state index in [0.29, 0.717) is 18.6 Å². The molecule has 1 N–H and O–H groups in total. The Balaban J connectivity index is 0.00000245. The molecule has 32 heavy (non-hydrogen) atoms. The van der Waals surface area contributed by atoms with Gasteiger partial charge in [0.1, 0.15) is 0 Å². The van der Waals surface area contributed by atoms with Crippen molar-refractivity contribution in [3.05, 3.63) is 23.3 Å². The first-order chi connectivity index (χ1) is 15.1. The van der Waals surface area contributed by atoms with Crippen LogP contribution in [0.3, 0.4) is 0 Å². The van der Waals surface area contributed by atoms with Crippen LogP contribution < -0.4 is 14.8 Å². The summed E-state index contributed by atoms with van der Waals surface area (Å²) in [6.07, 6.45) is 5.59. The average Bonchev–Trinajstić information content (AvgIpc) is 2.83. The predicted molar refractivity (Wildman–Crippen MR) is 123 cm³/mol. The van der Waals surface area contributed by atoms with Gasteiger partial charge in [-0.05, 0) is 61.8 Å². The first-order valence-corrected chi connectivity index (χ1v) is 11.7. The third kappa shape index (κ3) is 4.20. The molecular weight excluding hydrogens is 432 g/mol. The number of ether oxygens (including phenoxy) is 4. The minimum Gasteiger partial charge on any atom is -0.493 e. The van der Waals surface area contributed by atoms with E-state index >= 15 is 0 Å². The van der Waals surface area contributed by atoms with E-state index in [0.717, 1.165) is 76.3 Å². The third-order valence-corrected chi connectivity index (χ3v) is 7.71. The molecule has 1 aromatic rings. The van der Waals surface area contributed by atoms with Crippen LogP contribution in [-0.4, -0.2) is 70.0 Å². The Morgan fingerprint density at radius 2 is 1.88 bits per heavy atom. The Bertz CT molecular complexity index is 827. The Morgan fingerprint density at radius 3 is 2.62 bits per heavy atom. The number of hydrogen-bond acceptors (Lipinski definition) is 6. The zero-order valence-corrected chi connectivity index (χ0v) is 19.9. The van der Waals surface area contributed by atoms with Crippen molar-refractivity contribution in [3.63, 3.8) is 0 Å². The molecule has 0 radical (unpaired) electrons. The third-order valence-electron chi connectivity index (χ3n) is 7.71. The first-order valence-electron chi connectivity index (χ1n) is 11.7. The lowest BCUT2D eigenvalue weighted by molar-refractivity contribution is -0.147. The number of methoxy groups -OCH3 is 2. The molecule has 4 aliphatic rings. The number of amides is 1. The predicted octanol–water partition coefficient (Wildman–Crippen LogP) is 2.67. The van der Waals surface area contributed by atoms with Crippen molar-refractivity contribution < 1.29 is 23.7 Å². The molecule has 3 atom stereocenters. The summed E-state index contributed by atoms with van der Waals surface area (Å²) in [5, 5.41) is 3.55. The number of piperidine rings is 1. The topological polar surface area (TPSA) is 69.3 Å². The molecule has 3 aliphatic heterocycles. The largest absolute Gasteiger partial charge is 0.493 e. The van der Waals surface area contributed by atoms with E-state index in [1.54, 1.807) is 14.2 Å². The monoisotopic (exact) mass is 466 g/mol. The molecule has 8 heteroatoms. The summed E-state index contributed by atoms with van der Waals surface area (Å²) in [6, 6.07) is 4.50. The number of benzene rings is 1. The fraction of sp³-hybridized carbons (Fsp3) is 0.708. The molecule has 1 amide bonds. The van der Waals surface area contributed by atoms with Crippen LogP contribution in [0.4, 0.5) is 0 Å². The van der Waals surface area contributed by atoms with E-state index in [1.807, 2.05) is 0 Å². The summed E-state index contributed by atoms with van der Waals surface area (Å²) in [5.41, 5.74) is 2.14. The summed E-state index contributed by atoms with van der Waals surface area (Å²) in [7, 11) is 3.34. The molecule has 3 fully saturated rings. The number of fused-ring (bicyclic) bond motifs is 3. The lowest BCUT2D eigenvalue weighted by Crippen LogP contribution is -2.55. The molecule has 178 valence electrons. The SMILES string of the molecule is COc1cc2c(cc1OC)C1(CCN(C(=O)[C@H]3CC[C@H]4OCCN[C@@H]4C3)CC1)OCC2.Cl. The molecule has 0 bridgehead atoms. The highest BCUT2D eigenvalue weighted by Gasteiger charge is 2.44. The molecule has 1 aromatic carbocycles. The van der Waals surface area contributed by atoms with Gasteiger partial charge in [0.05, 0.1) is 39.1 Å². The first kappa shape index (κ1) is 23.6. The van der Waals surface area contributed by atoms with Gasteiger partial charge in [0, 0.05) is 31.6 Å². The fourth-order valence-corrected chi connectivity index (χ4v) is 5.98. The van der Waals surface area contributed by atoms with Crippen LogP contribution in [0.1, 0.15) is 43.2 Å². The van der Waals surface area contributed by atoms with Crippen molar-refractivity contribution >= 4 is 18.3 Å². The minimum atomic E-state index is -0.333. The maximum absolute atomic E-state index is 13.3. The standard InChI is InChI=1S/C24H34N2O5.ClH/c1-28-21-14-16-5-11-31-24(18(16)15-22(21)29-2)6-9-26(10-7-24)23(27)17-3-4-20-19(13-17)25-8-12-30-20;/h14-15,17,19-20,25H,3-13H2,1-2H3;1H/t17-,19+,20+;/m0./s1. The quantitative estimate of drug-likeness (QED) is 0.738. The average molecular weight is 467 g/mol. The van der Waals surface area contributed by atoms with Crippen LogP contribution in [0.5, 0.6) is 11.5 Å². The smallest absolute Gasteiger partial charge is 0.225 e. The normalized spacial score (nSPS) is 28.8. The molecule has 7 nitrogen and oxygen atoms in total. The zero-order valence-electron chi connectivity index (χ0n) is 19.1. The van der Waals surface area contributed by atoms with Crippen LogP contribution in [0.25, 0.3) is 0 Å². The van der Waals surface area contributed by atoms with E-state index in [9.17, 15) is 4.79 Å². The lowest BCUT2D eigenvalue weighted by Gasteiger charge is -2.46. The number of morpholine rings is 1. The van der Waals surface area contributed by atoms with E-state index in [1.165, 1.54) is 11.1 Å². The maximum Gasteiger partial charge on any atom is 0.225 e. The van der Waals surface area contributed by atoms with Gasteiger partial charge < -0.3 is 29.2 Å². The molecule has 1 spiro atoms. The van der Waals surface area contributed by atoms with Gasteiger partial charge in [-0.1, -0.05) is 0 Å². The van der Waals surface area contributed by atoms with E-state index in [4.69, 9.17) is 18.9 Å². The Hall–Kier alpha value is -1.54. The summed E-state index contributed by atoms with van der Waals surface area (Å²) >= 11 is 0. The lowest BCUT2D eigenvalue weighted by atomic mass is 9.78. The molecule has 5 rings (SSSR count). The number of halogens is 1. The highest BCUT2D eigenvalue weighted by molar-refractivity contribution is 5.85. The molecular formula is C24H35ClN2O5. The van der Waals surface area contributed by atoms with Crippen LogP contribution in [0, 0.1) is 5.92 Å². The molecule has 1 saturated carbocycles. The number of carbonyl (C=O) groups is 1. The van der Waals surface area contributed by atoms with E-state index in [-0.39, 0.29) is 30.0 Å². The molecule has 3 heterocycles. The zero-order chi connectivity index (χ0) is 21.4. The molecule has 0 unspecified atom stereocenters. The second kappa shape index (κ2) is 9.75. The van der Waals surface area contributed by atoms with Gasteiger partial charge in [-0.3, -0.25) is 4.79 Å². The van der Waals surface area contributed by atoms with Gasteiger partial charge in [-0.2, -0.15) is 0 Å². The van der Waals surface area contributed by atoms with Crippen LogP contribution in [0.2, 0.25) is 0 Å². The number of carbonyl (C=O) groups excluding carboxylic acids is 1. The van der Waals surface area contributed by atoms with Crippen LogP contribution >= 0.6 is 12.4 Å². The second-order valence-electron chi connectivity index (χ2n) is 9.26. The van der Waals surface area contributed by atoms with Crippen molar-refractivity contribution in [3.8, 4) is 11.5 Å². The highest BCUT2D eigenvalue weighted by Crippen LogP contribution is 2.45. The van der Waals surface area contributed by atoms with Gasteiger partial charge in [-0.15, -0.1) is 12.4 Å². The highest BCUT2D eigenvalue weighted by atomic mass is 35.5. The maximum atomic E-state index is 13.3. The Labute approximate surface area is 196 Å². The number of nitrogens with zero attached hydrogens (tertiary/aromatic N) is 1. The van der Waals surface area contributed by atoms with E-state index < -0.39 is 0 Å². The van der Waals surface area contributed by atoms with E-state index in [2.05, 4.69) is 22.3 Å². The Kier molecular flexibility index (Phi) is 7.20. The summed E-state index contributed by atoms with van der Waals surface area (Å²) < 4.78 is 23.3. The Morgan fingerprint density at radius 1 is 1.12 bits per heavy atom. The fourth-order valence-electron chi connectivity index (χ4n) is 5.98. The van der Waals surface area contributed by atoms with Crippen molar-refractivity contribution in [1.29, 1.82) is 0 Å². The van der Waals surface area contributed by atoms with Gasteiger partial charge in [-0.25, -0.2) is 0 Å². The van der Waals surface area contributed by atoms with Crippen molar-refractivity contribution in [2.24, 2.45) is 5.92 Å². The van der Waals surface area contributed by atoms with Gasteiger partial charge in [0.15, 0.2) is 11.5 Å². The van der Waals surface area contributed by atoms with Gasteiger partial charge in [0.2, 0.25) is 5.91 Å². The molecule has 2 saturated heterocycles. The molecule has 0 aromatic heterocycles.